The number of methoxy groups -OCH3 is 1. The number of nitrogens with zero attached hydrogens (tertiary/aromatic N) is 1. The highest BCUT2D eigenvalue weighted by molar-refractivity contribution is 5.92. The van der Waals surface area contributed by atoms with Gasteiger partial charge >= 0.3 is 0 Å². The van der Waals surface area contributed by atoms with Crippen LogP contribution >= 0.6 is 0 Å². The minimum atomic E-state index is -0.436. The van der Waals surface area contributed by atoms with Gasteiger partial charge < -0.3 is 28.8 Å². The lowest BCUT2D eigenvalue weighted by atomic mass is 9.87. The van der Waals surface area contributed by atoms with Gasteiger partial charge in [-0.15, -0.1) is 0 Å². The maximum absolute atomic E-state index is 13.3. The second-order valence-corrected chi connectivity index (χ2v) is 8.05. The largest absolute Gasteiger partial charge is 0.496 e. The molecule has 2 aliphatic rings. The van der Waals surface area contributed by atoms with E-state index in [4.69, 9.17) is 18.6 Å². The lowest BCUT2D eigenvalue weighted by Crippen LogP contribution is -2.35. The quantitative estimate of drug-likeness (QED) is 0.623. The van der Waals surface area contributed by atoms with E-state index in [1.54, 1.807) is 24.1 Å². The Hall–Kier alpha value is -3.94. The molecule has 0 unspecified atom stereocenters. The summed E-state index contributed by atoms with van der Waals surface area (Å²) >= 11 is 0. The van der Waals surface area contributed by atoms with Crippen LogP contribution in [0.15, 0.2) is 65.3 Å². The second kappa shape index (κ2) is 8.90. The Bertz CT molecular complexity index is 1160. The zero-order valence-corrected chi connectivity index (χ0v) is 18.2. The van der Waals surface area contributed by atoms with Gasteiger partial charge in [-0.25, -0.2) is 0 Å². The number of fused-ring (bicyclic) bond motifs is 1. The maximum Gasteiger partial charge on any atom is 0.289 e. The molecule has 3 aromatic rings. The molecule has 2 atom stereocenters. The Balaban J connectivity index is 1.36. The zero-order chi connectivity index (χ0) is 22.8. The van der Waals surface area contributed by atoms with Crippen LogP contribution in [0.3, 0.4) is 0 Å². The number of hydrogen-bond acceptors (Lipinski definition) is 6. The minimum Gasteiger partial charge on any atom is -0.496 e. The number of ether oxygens (including phenoxy) is 3. The molecule has 0 spiro atoms. The van der Waals surface area contributed by atoms with Gasteiger partial charge in [0.2, 0.25) is 12.7 Å². The van der Waals surface area contributed by atoms with Crippen molar-refractivity contribution < 1.29 is 28.2 Å². The summed E-state index contributed by atoms with van der Waals surface area (Å²) < 4.78 is 21.6. The van der Waals surface area contributed by atoms with Crippen LogP contribution in [-0.2, 0) is 11.3 Å². The van der Waals surface area contributed by atoms with Crippen molar-refractivity contribution in [2.75, 3.05) is 27.0 Å². The van der Waals surface area contributed by atoms with Crippen LogP contribution in [0.4, 0.5) is 0 Å². The number of furan rings is 1. The Morgan fingerprint density at radius 3 is 2.73 bits per heavy atom. The van der Waals surface area contributed by atoms with Crippen molar-refractivity contribution in [2.45, 2.75) is 12.5 Å². The number of rotatable bonds is 6. The summed E-state index contributed by atoms with van der Waals surface area (Å²) in [6.07, 6.45) is 1.47. The number of carbonyl (C=O) groups excluding carboxylic acids is 2. The molecule has 170 valence electrons. The van der Waals surface area contributed by atoms with Crippen molar-refractivity contribution in [3.05, 3.63) is 77.7 Å². The average Bonchev–Trinajstić information content (AvgIpc) is 3.62. The Labute approximate surface area is 191 Å². The van der Waals surface area contributed by atoms with E-state index >= 15 is 0 Å². The molecular weight excluding hydrogens is 424 g/mol. The summed E-state index contributed by atoms with van der Waals surface area (Å²) in [4.78, 5) is 27.9. The fourth-order valence-electron chi connectivity index (χ4n) is 4.45. The van der Waals surface area contributed by atoms with Gasteiger partial charge in [-0.3, -0.25) is 9.59 Å². The van der Waals surface area contributed by atoms with Crippen molar-refractivity contribution in [1.82, 2.24) is 10.2 Å². The van der Waals surface area contributed by atoms with E-state index in [1.165, 1.54) is 6.26 Å². The molecule has 2 aromatic carbocycles. The normalized spacial score (nSPS) is 18.9. The standard InChI is InChI=1S/C25H24N2O6/c1-30-20-6-3-2-5-17(20)18-13-27(25(29)22-7-4-10-31-22)14-19(18)24(28)26-12-16-8-9-21-23(11-16)33-15-32-21/h2-11,18-19H,12-15H2,1H3,(H,26,28)/t18-,19+/m0/s1. The first-order valence-corrected chi connectivity index (χ1v) is 10.8. The van der Waals surface area contributed by atoms with Crippen LogP contribution in [0.2, 0.25) is 0 Å². The number of benzene rings is 2. The first kappa shape index (κ1) is 20.9. The van der Waals surface area contributed by atoms with Crippen LogP contribution < -0.4 is 19.5 Å². The van der Waals surface area contributed by atoms with Crippen molar-refractivity contribution in [2.24, 2.45) is 5.92 Å². The lowest BCUT2D eigenvalue weighted by Gasteiger charge is -2.20. The number of hydrogen-bond donors (Lipinski definition) is 1. The lowest BCUT2D eigenvalue weighted by molar-refractivity contribution is -0.125. The third kappa shape index (κ3) is 4.11. The molecule has 3 heterocycles. The monoisotopic (exact) mass is 448 g/mol. The zero-order valence-electron chi connectivity index (χ0n) is 18.2. The molecule has 1 aromatic heterocycles. The SMILES string of the molecule is COc1ccccc1[C@@H]1CN(C(=O)c2ccco2)C[C@H]1C(=O)NCc1ccc2c(c1)OCO2. The Kier molecular flexibility index (Phi) is 5.64. The van der Waals surface area contributed by atoms with E-state index in [0.717, 1.165) is 11.1 Å². The molecule has 2 amide bonds. The topological polar surface area (TPSA) is 90.2 Å². The summed E-state index contributed by atoms with van der Waals surface area (Å²) in [5.74, 6) is 1.32. The highest BCUT2D eigenvalue weighted by Crippen LogP contribution is 2.38. The maximum atomic E-state index is 13.3. The summed E-state index contributed by atoms with van der Waals surface area (Å²) in [7, 11) is 1.61. The molecule has 1 saturated heterocycles. The van der Waals surface area contributed by atoms with Gasteiger partial charge in [-0.05, 0) is 41.5 Å². The van der Waals surface area contributed by atoms with Crippen LogP contribution in [0.25, 0.3) is 0 Å². The molecule has 33 heavy (non-hydrogen) atoms. The molecule has 1 N–H and O–H groups in total. The summed E-state index contributed by atoms with van der Waals surface area (Å²) in [6.45, 7) is 1.22. The first-order valence-electron chi connectivity index (χ1n) is 10.8. The average molecular weight is 448 g/mol. The highest BCUT2D eigenvalue weighted by Gasteiger charge is 2.42. The smallest absolute Gasteiger partial charge is 0.289 e. The Morgan fingerprint density at radius 1 is 1.06 bits per heavy atom. The molecule has 0 saturated carbocycles. The molecule has 0 aliphatic carbocycles. The van der Waals surface area contributed by atoms with E-state index in [0.29, 0.717) is 30.3 Å². The molecule has 8 heteroatoms. The number of para-hydroxylation sites is 1. The third-order valence-corrected chi connectivity index (χ3v) is 6.12. The number of carbonyl (C=O) groups is 2. The van der Waals surface area contributed by atoms with Crippen molar-refractivity contribution in [1.29, 1.82) is 0 Å². The molecule has 1 fully saturated rings. The Morgan fingerprint density at radius 2 is 1.91 bits per heavy atom. The van der Waals surface area contributed by atoms with Gasteiger partial charge in [0.25, 0.3) is 5.91 Å². The van der Waals surface area contributed by atoms with E-state index < -0.39 is 5.92 Å². The van der Waals surface area contributed by atoms with Gasteiger partial charge in [-0.2, -0.15) is 0 Å². The van der Waals surface area contributed by atoms with E-state index in [9.17, 15) is 9.59 Å². The van der Waals surface area contributed by atoms with Crippen molar-refractivity contribution >= 4 is 11.8 Å². The number of amides is 2. The van der Waals surface area contributed by atoms with Crippen LogP contribution in [0, 0.1) is 5.92 Å². The summed E-state index contributed by atoms with van der Waals surface area (Å²) in [5, 5.41) is 3.03. The molecule has 8 nitrogen and oxygen atoms in total. The van der Waals surface area contributed by atoms with Gasteiger partial charge in [0, 0.05) is 25.6 Å². The molecule has 0 bridgehead atoms. The molecule has 5 rings (SSSR count). The van der Waals surface area contributed by atoms with Crippen LogP contribution in [0.1, 0.15) is 27.6 Å². The number of likely N-dealkylation sites (tertiary alicyclic amines) is 1. The fraction of sp³-hybridized carbons (Fsp3) is 0.280. The van der Waals surface area contributed by atoms with E-state index in [2.05, 4.69) is 5.32 Å². The second-order valence-electron chi connectivity index (χ2n) is 8.05. The van der Waals surface area contributed by atoms with Gasteiger partial charge in [-0.1, -0.05) is 24.3 Å². The molecule has 0 radical (unpaired) electrons. The van der Waals surface area contributed by atoms with Gasteiger partial charge in [0.05, 0.1) is 19.3 Å². The highest BCUT2D eigenvalue weighted by atomic mass is 16.7. The van der Waals surface area contributed by atoms with Crippen molar-refractivity contribution in [3.8, 4) is 17.2 Å². The van der Waals surface area contributed by atoms with Gasteiger partial charge in [0.1, 0.15) is 5.75 Å². The predicted octanol–water partition coefficient (Wildman–Crippen LogP) is 3.19. The number of nitrogens with one attached hydrogen (secondary N) is 1. The molecule has 2 aliphatic heterocycles. The summed E-state index contributed by atoms with van der Waals surface area (Å²) in [6, 6.07) is 16.5. The fourth-order valence-corrected chi connectivity index (χ4v) is 4.45. The van der Waals surface area contributed by atoms with Crippen molar-refractivity contribution in [3.63, 3.8) is 0 Å². The van der Waals surface area contributed by atoms with Crippen LogP contribution in [0.5, 0.6) is 17.2 Å². The van der Waals surface area contributed by atoms with E-state index in [1.807, 2.05) is 42.5 Å². The molecular formula is C25H24N2O6. The summed E-state index contributed by atoms with van der Waals surface area (Å²) in [5.41, 5.74) is 1.81. The third-order valence-electron chi connectivity index (χ3n) is 6.12. The van der Waals surface area contributed by atoms with Crippen LogP contribution in [-0.4, -0.2) is 43.7 Å². The first-order chi connectivity index (χ1) is 16.1. The van der Waals surface area contributed by atoms with E-state index in [-0.39, 0.29) is 36.8 Å². The predicted molar refractivity (Wildman–Crippen MR) is 118 cm³/mol. The van der Waals surface area contributed by atoms with Gasteiger partial charge in [0.15, 0.2) is 17.3 Å². The minimum absolute atomic E-state index is 0.127.